The van der Waals surface area contributed by atoms with Crippen LogP contribution in [0.1, 0.15) is 23.7 Å². The average molecular weight is 345 g/mol. The molecule has 0 aliphatic carbocycles. The molecule has 102 valence electrons. The number of rotatable bonds is 5. The molecule has 2 heterocycles. The minimum absolute atomic E-state index is 0.134. The fourth-order valence-electron chi connectivity index (χ4n) is 1.54. The van der Waals surface area contributed by atoms with Crippen molar-refractivity contribution in [2.75, 3.05) is 7.11 Å². The molecule has 0 saturated carbocycles. The lowest BCUT2D eigenvalue weighted by molar-refractivity contribution is -0.832. The van der Waals surface area contributed by atoms with Crippen molar-refractivity contribution in [3.63, 3.8) is 0 Å². The van der Waals surface area contributed by atoms with E-state index in [0.717, 1.165) is 15.2 Å². The van der Waals surface area contributed by atoms with E-state index >= 15 is 0 Å². The third-order valence-electron chi connectivity index (χ3n) is 2.43. The Morgan fingerprint density at radius 3 is 2.89 bits per heavy atom. The first-order chi connectivity index (χ1) is 9.10. The zero-order valence-corrected chi connectivity index (χ0v) is 13.3. The van der Waals surface area contributed by atoms with Crippen LogP contribution < -0.4 is 10.2 Å². The quantitative estimate of drug-likeness (QED) is 0.846. The molecule has 5 nitrogen and oxygen atoms in total. The highest BCUT2D eigenvalue weighted by Crippen LogP contribution is 2.28. The highest BCUT2D eigenvalue weighted by Gasteiger charge is 2.17. The van der Waals surface area contributed by atoms with Crippen molar-refractivity contribution in [2.24, 2.45) is 0 Å². The average Bonchev–Trinajstić information content (AvgIpc) is 2.80. The first kappa shape index (κ1) is 14.4. The van der Waals surface area contributed by atoms with Gasteiger partial charge in [-0.05, 0) is 29.8 Å². The van der Waals surface area contributed by atoms with Crippen LogP contribution in [0.25, 0.3) is 0 Å². The molecule has 19 heavy (non-hydrogen) atoms. The zero-order chi connectivity index (χ0) is 13.8. The standard InChI is InChI=1S/C12H14BrN3O2S/c1-7(10-6-19-8(2)15-10)18-11-4-9(13)5-14-12(11)16-17-3/h4-7H,1-3H3,(H,14,16)/p+1. The van der Waals surface area contributed by atoms with Crippen molar-refractivity contribution in [1.29, 1.82) is 0 Å². The van der Waals surface area contributed by atoms with Crippen LogP contribution in [0.3, 0.4) is 0 Å². The van der Waals surface area contributed by atoms with Crippen LogP contribution in [0.2, 0.25) is 0 Å². The van der Waals surface area contributed by atoms with Crippen molar-refractivity contribution in [3.8, 4) is 5.75 Å². The third-order valence-corrected chi connectivity index (χ3v) is 3.66. The van der Waals surface area contributed by atoms with E-state index in [1.54, 1.807) is 30.1 Å². The predicted octanol–water partition coefficient (Wildman–Crippen LogP) is 2.51. The summed E-state index contributed by atoms with van der Waals surface area (Å²) in [6.45, 7) is 3.94. The SMILES string of the molecule is CO[NH2+]c1ncc(Br)cc1OC(C)c1csc(C)n1. The number of halogens is 1. The molecule has 0 spiro atoms. The van der Waals surface area contributed by atoms with Crippen LogP contribution >= 0.6 is 27.3 Å². The molecule has 0 radical (unpaired) electrons. The molecule has 1 unspecified atom stereocenters. The van der Waals surface area contributed by atoms with Crippen molar-refractivity contribution < 1.29 is 15.1 Å². The molecule has 0 fully saturated rings. The number of aromatic nitrogens is 2. The van der Waals surface area contributed by atoms with Gasteiger partial charge in [0.2, 0.25) is 5.75 Å². The number of pyridine rings is 1. The Morgan fingerprint density at radius 1 is 1.47 bits per heavy atom. The summed E-state index contributed by atoms with van der Waals surface area (Å²) >= 11 is 5.00. The first-order valence-electron chi connectivity index (χ1n) is 5.70. The zero-order valence-electron chi connectivity index (χ0n) is 10.9. The van der Waals surface area contributed by atoms with Crippen molar-refractivity contribution in [2.45, 2.75) is 20.0 Å². The van der Waals surface area contributed by atoms with Gasteiger partial charge < -0.3 is 4.74 Å². The smallest absolute Gasteiger partial charge is 0.300 e. The van der Waals surface area contributed by atoms with E-state index in [2.05, 4.69) is 25.9 Å². The number of quaternary nitrogens is 1. The maximum Gasteiger partial charge on any atom is 0.300 e. The van der Waals surface area contributed by atoms with Crippen LogP contribution in [0.5, 0.6) is 5.75 Å². The Balaban J connectivity index is 2.19. The second-order valence-electron chi connectivity index (χ2n) is 3.94. The summed E-state index contributed by atoms with van der Waals surface area (Å²) in [5, 5.41) is 3.03. The maximum atomic E-state index is 5.92. The van der Waals surface area contributed by atoms with Gasteiger partial charge in [-0.15, -0.1) is 11.3 Å². The van der Waals surface area contributed by atoms with Gasteiger partial charge in [0.25, 0.3) is 5.82 Å². The minimum atomic E-state index is -0.134. The number of hydrogen-bond acceptors (Lipinski definition) is 5. The number of nitrogens with two attached hydrogens (primary N) is 1. The fraction of sp³-hybridized carbons (Fsp3) is 0.333. The van der Waals surface area contributed by atoms with Gasteiger partial charge in [0.05, 0.1) is 17.8 Å². The van der Waals surface area contributed by atoms with E-state index < -0.39 is 0 Å². The molecule has 2 aromatic rings. The van der Waals surface area contributed by atoms with E-state index in [-0.39, 0.29) is 6.10 Å². The molecule has 0 bridgehead atoms. The highest BCUT2D eigenvalue weighted by molar-refractivity contribution is 9.10. The summed E-state index contributed by atoms with van der Waals surface area (Å²) < 4.78 is 6.78. The van der Waals surface area contributed by atoms with Gasteiger partial charge in [-0.25, -0.2) is 9.82 Å². The van der Waals surface area contributed by atoms with E-state index in [1.807, 2.05) is 25.3 Å². The van der Waals surface area contributed by atoms with Gasteiger partial charge in [0, 0.05) is 22.1 Å². The summed E-state index contributed by atoms with van der Waals surface area (Å²) in [7, 11) is 1.58. The van der Waals surface area contributed by atoms with Crippen LogP contribution in [-0.4, -0.2) is 17.1 Å². The second kappa shape index (κ2) is 6.42. The van der Waals surface area contributed by atoms with E-state index in [9.17, 15) is 0 Å². The number of thiazole rings is 1. The highest BCUT2D eigenvalue weighted by atomic mass is 79.9. The Kier molecular flexibility index (Phi) is 4.87. The number of nitrogens with zero attached hydrogens (tertiary/aromatic N) is 2. The summed E-state index contributed by atoms with van der Waals surface area (Å²) in [6, 6.07) is 1.87. The molecule has 2 aromatic heterocycles. The number of ether oxygens (including phenoxy) is 1. The van der Waals surface area contributed by atoms with E-state index in [0.29, 0.717) is 11.6 Å². The van der Waals surface area contributed by atoms with Gasteiger partial charge in [0.1, 0.15) is 6.10 Å². The lowest BCUT2D eigenvalue weighted by Crippen LogP contribution is -2.76. The summed E-state index contributed by atoms with van der Waals surface area (Å²) in [4.78, 5) is 13.7. The number of hydrogen-bond donors (Lipinski definition) is 1. The first-order valence-corrected chi connectivity index (χ1v) is 7.37. The Bertz CT molecular complexity index is 562. The topological polar surface area (TPSA) is 60.9 Å². The van der Waals surface area contributed by atoms with Gasteiger partial charge >= 0.3 is 0 Å². The molecular formula is C12H15BrN3O2S+. The van der Waals surface area contributed by atoms with Gasteiger partial charge in [-0.2, -0.15) is 10.5 Å². The van der Waals surface area contributed by atoms with Crippen LogP contribution in [0.15, 0.2) is 22.1 Å². The molecule has 0 aliphatic heterocycles. The summed E-state index contributed by atoms with van der Waals surface area (Å²) in [5.41, 5.74) is 2.48. The van der Waals surface area contributed by atoms with Crippen LogP contribution in [0.4, 0.5) is 5.82 Å². The molecule has 7 heteroatoms. The lowest BCUT2D eigenvalue weighted by atomic mass is 10.3. The van der Waals surface area contributed by atoms with Gasteiger partial charge in [-0.3, -0.25) is 0 Å². The normalized spacial score (nSPS) is 12.4. The van der Waals surface area contributed by atoms with E-state index in [1.165, 1.54) is 0 Å². The molecule has 0 aliphatic rings. The Hall–Kier alpha value is -1.02. The van der Waals surface area contributed by atoms with Gasteiger partial charge in [0.15, 0.2) is 0 Å². The van der Waals surface area contributed by atoms with Gasteiger partial charge in [-0.1, -0.05) is 0 Å². The summed E-state index contributed by atoms with van der Waals surface area (Å²) in [6.07, 6.45) is 1.57. The van der Waals surface area contributed by atoms with Crippen molar-refractivity contribution in [3.05, 3.63) is 32.8 Å². The van der Waals surface area contributed by atoms with E-state index in [4.69, 9.17) is 9.57 Å². The Morgan fingerprint density at radius 2 is 2.26 bits per heavy atom. The molecule has 0 amide bonds. The van der Waals surface area contributed by atoms with Crippen molar-refractivity contribution in [1.82, 2.24) is 9.97 Å². The second-order valence-corrected chi connectivity index (χ2v) is 5.92. The predicted molar refractivity (Wildman–Crippen MR) is 76.4 cm³/mol. The fourth-order valence-corrected chi connectivity index (χ4v) is 2.55. The summed E-state index contributed by atoms with van der Waals surface area (Å²) in [5.74, 6) is 1.32. The molecule has 0 saturated heterocycles. The third kappa shape index (κ3) is 3.73. The lowest BCUT2D eigenvalue weighted by Gasteiger charge is -2.13. The van der Waals surface area contributed by atoms with Crippen molar-refractivity contribution >= 4 is 33.1 Å². The molecule has 1 atom stereocenters. The molecule has 0 aromatic carbocycles. The Labute approximate surface area is 124 Å². The minimum Gasteiger partial charge on any atom is -0.477 e. The molecule has 2 rings (SSSR count). The molecular weight excluding hydrogens is 330 g/mol. The number of aryl methyl sites for hydroxylation is 1. The monoisotopic (exact) mass is 344 g/mol. The molecule has 2 N–H and O–H groups in total. The largest absolute Gasteiger partial charge is 0.477 e. The van der Waals surface area contributed by atoms with Crippen LogP contribution in [0, 0.1) is 6.92 Å². The van der Waals surface area contributed by atoms with Crippen LogP contribution in [-0.2, 0) is 4.84 Å². The maximum absolute atomic E-state index is 5.92.